The van der Waals surface area contributed by atoms with Crippen LogP contribution < -0.4 is 5.73 Å². The number of nitrogens with two attached hydrogens (primary N) is 1. The predicted octanol–water partition coefficient (Wildman–Crippen LogP) is 1.15. The summed E-state index contributed by atoms with van der Waals surface area (Å²) in [4.78, 5) is 0. The average Bonchev–Trinajstić information content (AvgIpc) is 2.09. The molecule has 0 aliphatic carbocycles. The summed E-state index contributed by atoms with van der Waals surface area (Å²) >= 11 is 0. The molecule has 10 heavy (non-hydrogen) atoms. The van der Waals surface area contributed by atoms with E-state index >= 15 is 0 Å². The minimum atomic E-state index is 0.222. The molecule has 1 aliphatic rings. The van der Waals surface area contributed by atoms with Gasteiger partial charge in [-0.25, -0.2) is 0 Å². The highest BCUT2D eigenvalue weighted by Gasteiger charge is 2.39. The van der Waals surface area contributed by atoms with Crippen molar-refractivity contribution < 1.29 is 4.74 Å². The molecule has 0 aromatic carbocycles. The van der Waals surface area contributed by atoms with Crippen LogP contribution in [0.2, 0.25) is 0 Å². The molecule has 0 aromatic rings. The lowest BCUT2D eigenvalue weighted by Crippen LogP contribution is -2.33. The van der Waals surface area contributed by atoms with Gasteiger partial charge < -0.3 is 10.5 Å². The first kappa shape index (κ1) is 8.02. The van der Waals surface area contributed by atoms with Gasteiger partial charge in [0.15, 0.2) is 0 Å². The zero-order valence-electron chi connectivity index (χ0n) is 7.05. The van der Waals surface area contributed by atoms with Crippen LogP contribution in [0.5, 0.6) is 0 Å². The SMILES string of the molecule is C[C@@H]1C[C@@](C)(CN)[C@@H](C)O1. The number of ether oxygens (including phenoxy) is 1. The van der Waals surface area contributed by atoms with Crippen molar-refractivity contribution in [3.63, 3.8) is 0 Å². The molecule has 0 bridgehead atoms. The van der Waals surface area contributed by atoms with Crippen molar-refractivity contribution in [1.29, 1.82) is 0 Å². The summed E-state index contributed by atoms with van der Waals surface area (Å²) in [6.45, 7) is 7.15. The first-order valence-electron chi connectivity index (χ1n) is 3.94. The average molecular weight is 143 g/mol. The van der Waals surface area contributed by atoms with E-state index in [1.807, 2.05) is 0 Å². The Morgan fingerprint density at radius 3 is 2.40 bits per heavy atom. The third-order valence-electron chi connectivity index (χ3n) is 2.64. The number of hydrogen-bond acceptors (Lipinski definition) is 2. The lowest BCUT2D eigenvalue weighted by Gasteiger charge is -2.24. The van der Waals surface area contributed by atoms with E-state index in [-0.39, 0.29) is 5.41 Å². The molecular weight excluding hydrogens is 126 g/mol. The second kappa shape index (κ2) is 2.51. The monoisotopic (exact) mass is 143 g/mol. The van der Waals surface area contributed by atoms with E-state index in [0.717, 1.165) is 13.0 Å². The predicted molar refractivity (Wildman–Crippen MR) is 41.8 cm³/mol. The van der Waals surface area contributed by atoms with Crippen molar-refractivity contribution in [2.24, 2.45) is 11.1 Å². The molecule has 1 fully saturated rings. The van der Waals surface area contributed by atoms with Gasteiger partial charge in [-0.2, -0.15) is 0 Å². The Labute approximate surface area is 62.7 Å². The van der Waals surface area contributed by atoms with Crippen molar-refractivity contribution in [3.05, 3.63) is 0 Å². The second-order valence-electron chi connectivity index (χ2n) is 3.65. The quantitative estimate of drug-likeness (QED) is 0.597. The van der Waals surface area contributed by atoms with Gasteiger partial charge in [0, 0.05) is 12.0 Å². The van der Waals surface area contributed by atoms with Gasteiger partial charge >= 0.3 is 0 Å². The molecule has 0 unspecified atom stereocenters. The molecule has 60 valence electrons. The summed E-state index contributed by atoms with van der Waals surface area (Å²) in [5.41, 5.74) is 5.86. The maximum absolute atomic E-state index is 5.64. The molecule has 1 aliphatic heterocycles. The van der Waals surface area contributed by atoms with E-state index in [9.17, 15) is 0 Å². The van der Waals surface area contributed by atoms with Gasteiger partial charge in [0.2, 0.25) is 0 Å². The molecule has 1 heterocycles. The Hall–Kier alpha value is -0.0800. The van der Waals surface area contributed by atoms with Gasteiger partial charge in [-0.15, -0.1) is 0 Å². The molecule has 0 saturated carbocycles. The van der Waals surface area contributed by atoms with Crippen LogP contribution in [0.25, 0.3) is 0 Å². The van der Waals surface area contributed by atoms with Crippen molar-refractivity contribution in [3.8, 4) is 0 Å². The van der Waals surface area contributed by atoms with Gasteiger partial charge in [-0.3, -0.25) is 0 Å². The van der Waals surface area contributed by atoms with Gasteiger partial charge in [0.05, 0.1) is 12.2 Å². The molecule has 0 radical (unpaired) electrons. The van der Waals surface area contributed by atoms with Gasteiger partial charge in [-0.1, -0.05) is 6.92 Å². The lowest BCUT2D eigenvalue weighted by atomic mass is 9.83. The second-order valence-corrected chi connectivity index (χ2v) is 3.65. The Balaban J connectivity index is 2.61. The largest absolute Gasteiger partial charge is 0.375 e. The van der Waals surface area contributed by atoms with Crippen molar-refractivity contribution in [1.82, 2.24) is 0 Å². The Morgan fingerprint density at radius 2 is 2.20 bits per heavy atom. The van der Waals surface area contributed by atoms with E-state index < -0.39 is 0 Å². The third-order valence-corrected chi connectivity index (χ3v) is 2.64. The molecular formula is C8H17NO. The molecule has 1 saturated heterocycles. The number of hydrogen-bond donors (Lipinski definition) is 1. The fourth-order valence-electron chi connectivity index (χ4n) is 1.63. The van der Waals surface area contributed by atoms with E-state index in [2.05, 4.69) is 20.8 Å². The highest BCUT2D eigenvalue weighted by molar-refractivity contribution is 4.89. The summed E-state index contributed by atoms with van der Waals surface area (Å²) in [6, 6.07) is 0. The van der Waals surface area contributed by atoms with Crippen LogP contribution in [0.15, 0.2) is 0 Å². The van der Waals surface area contributed by atoms with Crippen LogP contribution in [-0.4, -0.2) is 18.8 Å². The maximum Gasteiger partial charge on any atom is 0.0617 e. The summed E-state index contributed by atoms with van der Waals surface area (Å²) in [6.07, 6.45) is 1.82. The van der Waals surface area contributed by atoms with E-state index in [4.69, 9.17) is 10.5 Å². The third kappa shape index (κ3) is 1.18. The standard InChI is InChI=1S/C8H17NO/c1-6-4-8(3,5-9)7(2)10-6/h6-7H,4-5,9H2,1-3H3/t6-,7-,8+/m1/s1. The van der Waals surface area contributed by atoms with Crippen LogP contribution >= 0.6 is 0 Å². The number of rotatable bonds is 1. The Kier molecular flexibility index (Phi) is 2.02. The maximum atomic E-state index is 5.64. The zero-order valence-corrected chi connectivity index (χ0v) is 7.05. The zero-order chi connectivity index (χ0) is 7.78. The first-order chi connectivity index (χ1) is 4.58. The van der Waals surface area contributed by atoms with E-state index in [1.165, 1.54) is 0 Å². The molecule has 2 heteroatoms. The summed E-state index contributed by atoms with van der Waals surface area (Å²) in [5, 5.41) is 0. The minimum absolute atomic E-state index is 0.222. The van der Waals surface area contributed by atoms with Crippen LogP contribution in [0, 0.1) is 5.41 Å². The fraction of sp³-hybridized carbons (Fsp3) is 1.00. The van der Waals surface area contributed by atoms with Gasteiger partial charge in [0.1, 0.15) is 0 Å². The lowest BCUT2D eigenvalue weighted by molar-refractivity contribution is 0.0383. The molecule has 1 rings (SSSR count). The van der Waals surface area contributed by atoms with Crippen LogP contribution in [-0.2, 0) is 4.74 Å². The van der Waals surface area contributed by atoms with Gasteiger partial charge in [0.25, 0.3) is 0 Å². The fourth-order valence-corrected chi connectivity index (χ4v) is 1.63. The molecule has 2 nitrogen and oxygen atoms in total. The highest BCUT2D eigenvalue weighted by atomic mass is 16.5. The first-order valence-corrected chi connectivity index (χ1v) is 3.94. The molecule has 2 N–H and O–H groups in total. The van der Waals surface area contributed by atoms with Crippen LogP contribution in [0.1, 0.15) is 27.2 Å². The molecule has 0 spiro atoms. The smallest absolute Gasteiger partial charge is 0.0617 e. The van der Waals surface area contributed by atoms with Crippen molar-refractivity contribution in [2.75, 3.05) is 6.54 Å². The molecule has 3 atom stereocenters. The van der Waals surface area contributed by atoms with Crippen LogP contribution in [0.3, 0.4) is 0 Å². The van der Waals surface area contributed by atoms with E-state index in [0.29, 0.717) is 12.2 Å². The molecule has 0 amide bonds. The summed E-state index contributed by atoms with van der Waals surface area (Å²) in [5.74, 6) is 0. The normalized spacial score (nSPS) is 48.0. The minimum Gasteiger partial charge on any atom is -0.375 e. The molecule has 0 aromatic heterocycles. The summed E-state index contributed by atoms with van der Waals surface area (Å²) in [7, 11) is 0. The Morgan fingerprint density at radius 1 is 1.60 bits per heavy atom. The summed E-state index contributed by atoms with van der Waals surface area (Å²) < 4.78 is 5.59. The van der Waals surface area contributed by atoms with E-state index in [1.54, 1.807) is 0 Å². The van der Waals surface area contributed by atoms with Crippen molar-refractivity contribution in [2.45, 2.75) is 39.4 Å². The highest BCUT2D eigenvalue weighted by Crippen LogP contribution is 2.36. The van der Waals surface area contributed by atoms with Gasteiger partial charge in [-0.05, 0) is 20.3 Å². The topological polar surface area (TPSA) is 35.2 Å². The Bertz CT molecular complexity index is 126. The van der Waals surface area contributed by atoms with Crippen molar-refractivity contribution >= 4 is 0 Å². The van der Waals surface area contributed by atoms with Crippen LogP contribution in [0.4, 0.5) is 0 Å².